The number of fused-ring (bicyclic) bond motifs is 3. The van der Waals surface area contributed by atoms with Gasteiger partial charge in [0.2, 0.25) is 0 Å². The third-order valence-electron chi connectivity index (χ3n) is 12.3. The van der Waals surface area contributed by atoms with E-state index in [2.05, 4.69) is 189 Å². The Bertz CT molecular complexity index is 3250. The third kappa shape index (κ3) is 7.18. The second kappa shape index (κ2) is 15.9. The van der Waals surface area contributed by atoms with Crippen LogP contribution in [0.2, 0.25) is 13.1 Å². The van der Waals surface area contributed by atoms with Gasteiger partial charge in [0.05, 0.1) is 22.8 Å². The maximum atomic E-state index is 5.38. The first-order valence-electron chi connectivity index (χ1n) is 21.5. The summed E-state index contributed by atoms with van der Waals surface area (Å²) < 4.78 is 0. The lowest BCUT2D eigenvalue weighted by Crippen LogP contribution is -2.50. The lowest BCUT2D eigenvalue weighted by molar-refractivity contribution is 1.18. The molecule has 8 aromatic carbocycles. The Labute approximate surface area is 369 Å². The third-order valence-corrected chi connectivity index (χ3v) is 15.8. The highest BCUT2D eigenvalue weighted by atomic mass is 28.3. The van der Waals surface area contributed by atoms with Crippen LogP contribution in [0.1, 0.15) is 0 Å². The lowest BCUT2D eigenvalue weighted by atomic mass is 9.94. The zero-order valence-electron chi connectivity index (χ0n) is 35.1. The van der Waals surface area contributed by atoms with E-state index in [0.29, 0.717) is 5.82 Å². The minimum Gasteiger partial charge on any atom is -0.228 e. The summed E-state index contributed by atoms with van der Waals surface area (Å²) in [6.07, 6.45) is 0. The van der Waals surface area contributed by atoms with Crippen molar-refractivity contribution in [2.45, 2.75) is 13.1 Å². The summed E-state index contributed by atoms with van der Waals surface area (Å²) in [6.45, 7) is 4.87. The molecule has 1 aliphatic heterocycles. The highest BCUT2D eigenvalue weighted by Crippen LogP contribution is 2.37. The smallest absolute Gasteiger partial charge is 0.160 e. The molecule has 63 heavy (non-hydrogen) atoms. The second-order valence-electron chi connectivity index (χ2n) is 16.7. The van der Waals surface area contributed by atoms with E-state index >= 15 is 0 Å². The summed E-state index contributed by atoms with van der Waals surface area (Å²) in [5, 5.41) is 2.73. The zero-order chi connectivity index (χ0) is 42.3. The van der Waals surface area contributed by atoms with Crippen molar-refractivity contribution in [3.05, 3.63) is 218 Å². The number of hydrogen-bond donors (Lipinski definition) is 0. The van der Waals surface area contributed by atoms with Crippen LogP contribution >= 0.6 is 0 Å². The van der Waals surface area contributed by atoms with Gasteiger partial charge in [0.25, 0.3) is 0 Å². The summed E-state index contributed by atoms with van der Waals surface area (Å²) >= 11 is 0. The fraction of sp³-hybridized carbons (Fsp3) is 0.0345. The van der Waals surface area contributed by atoms with E-state index in [9.17, 15) is 0 Å². The first kappa shape index (κ1) is 38.1. The molecular formula is C58H42N4Si. The molecule has 0 fully saturated rings. The van der Waals surface area contributed by atoms with E-state index in [1.165, 1.54) is 15.9 Å². The van der Waals surface area contributed by atoms with E-state index in [4.69, 9.17) is 19.9 Å². The topological polar surface area (TPSA) is 51.6 Å². The molecule has 0 amide bonds. The quantitative estimate of drug-likeness (QED) is 0.143. The van der Waals surface area contributed by atoms with Crippen LogP contribution in [0.25, 0.3) is 101 Å². The van der Waals surface area contributed by atoms with Crippen molar-refractivity contribution in [1.82, 2.24) is 19.9 Å². The second-order valence-corrected chi connectivity index (χ2v) is 21.0. The molecule has 10 aromatic rings. The van der Waals surface area contributed by atoms with Gasteiger partial charge in [-0.1, -0.05) is 201 Å². The Morgan fingerprint density at radius 1 is 0.286 bits per heavy atom. The average molecular weight is 823 g/mol. The predicted octanol–water partition coefficient (Wildman–Crippen LogP) is 13.4. The Balaban J connectivity index is 0.945. The number of hydrogen-bond acceptors (Lipinski definition) is 4. The van der Waals surface area contributed by atoms with Crippen molar-refractivity contribution in [3.63, 3.8) is 0 Å². The van der Waals surface area contributed by atoms with Crippen molar-refractivity contribution in [3.8, 4) is 101 Å². The van der Waals surface area contributed by atoms with Crippen LogP contribution in [0.15, 0.2) is 218 Å². The SMILES string of the molecule is C[Si]1(C)c2ccccc2-c2nc(-c3ccccc3)nc(-c3cccc(-c4cccc(-c5cccc(-c6cccc(-c7cc(-c8ccccc8)nc(-c8ccccc8)n7)c6)c5)c4)c3)c21. The normalized spacial score (nSPS) is 12.4. The molecule has 2 aromatic heterocycles. The van der Waals surface area contributed by atoms with Crippen molar-refractivity contribution < 1.29 is 0 Å². The van der Waals surface area contributed by atoms with Crippen molar-refractivity contribution in [2.24, 2.45) is 0 Å². The van der Waals surface area contributed by atoms with Crippen LogP contribution in [0, 0.1) is 0 Å². The van der Waals surface area contributed by atoms with Gasteiger partial charge in [0, 0.05) is 27.8 Å². The van der Waals surface area contributed by atoms with Crippen LogP contribution in [0.3, 0.4) is 0 Å². The minimum atomic E-state index is -2.10. The first-order chi connectivity index (χ1) is 31.0. The van der Waals surface area contributed by atoms with Crippen molar-refractivity contribution in [2.75, 3.05) is 0 Å². The van der Waals surface area contributed by atoms with Crippen LogP contribution < -0.4 is 10.4 Å². The van der Waals surface area contributed by atoms with Gasteiger partial charge >= 0.3 is 0 Å². The van der Waals surface area contributed by atoms with Crippen LogP contribution in [0.4, 0.5) is 0 Å². The standard InChI is InChI=1S/C58H42N4Si/c1-63(2)53-33-13-12-32-50(53)55-56(63)54(61-58(62-55)41-22-10-5-11-23-41)49-31-17-29-47(37-49)45-27-15-25-43(35-45)42-24-14-26-44(34-42)46-28-16-30-48(36-46)52-38-51(39-18-6-3-7-19-39)59-57(60-52)40-20-8-4-9-21-40/h3-38H,1-2H3. The molecule has 1 aliphatic rings. The van der Waals surface area contributed by atoms with E-state index in [-0.39, 0.29) is 0 Å². The van der Waals surface area contributed by atoms with Crippen LogP contribution in [0.5, 0.6) is 0 Å². The highest BCUT2D eigenvalue weighted by molar-refractivity contribution is 7.04. The molecule has 0 saturated carbocycles. The molecule has 298 valence electrons. The number of rotatable bonds is 8. The van der Waals surface area contributed by atoms with Gasteiger partial charge < -0.3 is 0 Å². The van der Waals surface area contributed by atoms with Gasteiger partial charge in [-0.05, 0) is 79.6 Å². The largest absolute Gasteiger partial charge is 0.228 e. The summed E-state index contributed by atoms with van der Waals surface area (Å²) in [6, 6.07) is 77.1. The molecule has 4 nitrogen and oxygen atoms in total. The van der Waals surface area contributed by atoms with Gasteiger partial charge in [-0.3, -0.25) is 0 Å². The Morgan fingerprint density at radius 3 is 1.19 bits per heavy atom. The summed E-state index contributed by atoms with van der Waals surface area (Å²) in [4.78, 5) is 20.7. The average Bonchev–Trinajstić information content (AvgIpc) is 3.60. The molecular weight excluding hydrogens is 781 g/mol. The Hall–Kier alpha value is -7.86. The van der Waals surface area contributed by atoms with Gasteiger partial charge in [-0.15, -0.1) is 0 Å². The Kier molecular flexibility index (Phi) is 9.60. The van der Waals surface area contributed by atoms with E-state index < -0.39 is 8.07 Å². The summed E-state index contributed by atoms with van der Waals surface area (Å²) in [5.74, 6) is 1.47. The van der Waals surface area contributed by atoms with E-state index in [1.54, 1.807) is 0 Å². The molecule has 0 aliphatic carbocycles. The van der Waals surface area contributed by atoms with Gasteiger partial charge in [-0.2, -0.15) is 0 Å². The van der Waals surface area contributed by atoms with Crippen LogP contribution in [-0.2, 0) is 0 Å². The maximum Gasteiger partial charge on any atom is 0.160 e. The molecule has 3 heterocycles. The highest BCUT2D eigenvalue weighted by Gasteiger charge is 2.41. The zero-order valence-corrected chi connectivity index (χ0v) is 36.1. The molecule has 0 atom stereocenters. The number of aromatic nitrogens is 4. The molecule has 11 rings (SSSR count). The molecule has 5 heteroatoms. The van der Waals surface area contributed by atoms with E-state index in [0.717, 1.165) is 89.8 Å². The first-order valence-corrected chi connectivity index (χ1v) is 24.5. The predicted molar refractivity (Wildman–Crippen MR) is 263 cm³/mol. The van der Waals surface area contributed by atoms with Crippen molar-refractivity contribution in [1.29, 1.82) is 0 Å². The summed E-state index contributed by atoms with van der Waals surface area (Å²) in [5.41, 5.74) is 17.2. The maximum absolute atomic E-state index is 5.38. The summed E-state index contributed by atoms with van der Waals surface area (Å²) in [7, 11) is -2.10. The number of benzene rings is 8. The molecule has 0 unspecified atom stereocenters. The number of nitrogens with zero attached hydrogens (tertiary/aromatic N) is 4. The van der Waals surface area contributed by atoms with Gasteiger partial charge in [0.1, 0.15) is 8.07 Å². The van der Waals surface area contributed by atoms with Gasteiger partial charge in [0.15, 0.2) is 11.6 Å². The van der Waals surface area contributed by atoms with Crippen molar-refractivity contribution >= 4 is 18.4 Å². The molecule has 0 saturated heterocycles. The molecule has 0 bridgehead atoms. The monoisotopic (exact) mass is 822 g/mol. The van der Waals surface area contributed by atoms with Gasteiger partial charge in [-0.25, -0.2) is 19.9 Å². The minimum absolute atomic E-state index is 0.707. The fourth-order valence-electron chi connectivity index (χ4n) is 9.07. The fourth-order valence-corrected chi connectivity index (χ4v) is 12.3. The molecule has 0 spiro atoms. The Morgan fingerprint density at radius 2 is 0.651 bits per heavy atom. The lowest BCUT2D eigenvalue weighted by Gasteiger charge is -2.22. The van der Waals surface area contributed by atoms with Crippen LogP contribution in [-0.4, -0.2) is 28.0 Å². The van der Waals surface area contributed by atoms with E-state index in [1.807, 2.05) is 42.5 Å². The molecule has 0 N–H and O–H groups in total. The molecule has 0 radical (unpaired) electrons.